The van der Waals surface area contributed by atoms with Gasteiger partial charge in [0.2, 0.25) is 0 Å². The molecule has 0 saturated carbocycles. The molecule has 2 aromatic carbocycles. The standard InChI is InChI=1S/C24H28N2O3/c1-3-28-22-10-6-7-11-23(22)29-18-12-14-26(15-13-18)17(2)24(27)20-16-25-21-9-5-4-8-19(20)21/h4-11,16-18,25H,3,12-15H2,1-2H3. The number of carbonyl (C=O) groups is 1. The second-order valence-electron chi connectivity index (χ2n) is 7.52. The van der Waals surface area contributed by atoms with E-state index in [4.69, 9.17) is 9.47 Å². The highest BCUT2D eigenvalue weighted by atomic mass is 16.5. The Morgan fingerprint density at radius 2 is 1.79 bits per heavy atom. The predicted molar refractivity (Wildman–Crippen MR) is 115 cm³/mol. The van der Waals surface area contributed by atoms with Gasteiger partial charge in [0.05, 0.1) is 12.6 Å². The van der Waals surface area contributed by atoms with Crippen molar-refractivity contribution in [1.29, 1.82) is 0 Å². The van der Waals surface area contributed by atoms with Gasteiger partial charge in [0, 0.05) is 35.8 Å². The molecular weight excluding hydrogens is 364 g/mol. The highest BCUT2D eigenvalue weighted by Gasteiger charge is 2.29. The Balaban J connectivity index is 1.37. The first kappa shape index (κ1) is 19.5. The van der Waals surface area contributed by atoms with Crippen LogP contribution in [0.25, 0.3) is 10.9 Å². The van der Waals surface area contributed by atoms with Gasteiger partial charge in [-0.1, -0.05) is 30.3 Å². The largest absolute Gasteiger partial charge is 0.490 e. The summed E-state index contributed by atoms with van der Waals surface area (Å²) in [5.74, 6) is 1.76. The van der Waals surface area contributed by atoms with Gasteiger partial charge in [-0.25, -0.2) is 0 Å². The van der Waals surface area contributed by atoms with E-state index >= 15 is 0 Å². The normalized spacial score (nSPS) is 16.6. The second kappa shape index (κ2) is 8.70. The summed E-state index contributed by atoms with van der Waals surface area (Å²) in [6.45, 7) is 6.29. The number of aromatic amines is 1. The predicted octanol–water partition coefficient (Wildman–Crippen LogP) is 4.68. The number of nitrogens with zero attached hydrogens (tertiary/aromatic N) is 1. The highest BCUT2D eigenvalue weighted by molar-refractivity contribution is 6.10. The average molecular weight is 392 g/mol. The third kappa shape index (κ3) is 4.15. The van der Waals surface area contributed by atoms with Crippen LogP contribution in [-0.4, -0.2) is 47.5 Å². The number of H-pyrrole nitrogens is 1. The molecule has 1 atom stereocenters. The molecule has 4 rings (SSSR count). The SMILES string of the molecule is CCOc1ccccc1OC1CCN(C(C)C(=O)c2c[nH]c3ccccc23)CC1. The lowest BCUT2D eigenvalue weighted by atomic mass is 10.00. The molecule has 1 aliphatic rings. The molecule has 5 nitrogen and oxygen atoms in total. The molecule has 2 heterocycles. The van der Waals surface area contributed by atoms with Crippen LogP contribution < -0.4 is 9.47 Å². The molecule has 0 amide bonds. The lowest BCUT2D eigenvalue weighted by Gasteiger charge is -2.35. The molecule has 1 aromatic heterocycles. The smallest absolute Gasteiger partial charge is 0.181 e. The number of hydrogen-bond donors (Lipinski definition) is 1. The zero-order valence-corrected chi connectivity index (χ0v) is 17.1. The Labute approximate surface area is 171 Å². The van der Waals surface area contributed by atoms with E-state index in [1.54, 1.807) is 0 Å². The average Bonchev–Trinajstić information content (AvgIpc) is 3.19. The van der Waals surface area contributed by atoms with Crippen LogP contribution in [0.5, 0.6) is 11.5 Å². The number of fused-ring (bicyclic) bond motifs is 1. The number of para-hydroxylation sites is 3. The summed E-state index contributed by atoms with van der Waals surface area (Å²) in [7, 11) is 0. The van der Waals surface area contributed by atoms with E-state index in [1.165, 1.54) is 0 Å². The van der Waals surface area contributed by atoms with Crippen LogP contribution in [0.2, 0.25) is 0 Å². The lowest BCUT2D eigenvalue weighted by Crippen LogP contribution is -2.46. The van der Waals surface area contributed by atoms with Crippen molar-refractivity contribution < 1.29 is 14.3 Å². The van der Waals surface area contributed by atoms with Crippen molar-refractivity contribution in [2.24, 2.45) is 0 Å². The molecule has 0 bridgehead atoms. The van der Waals surface area contributed by atoms with Crippen LogP contribution in [0.4, 0.5) is 0 Å². The molecule has 1 aliphatic heterocycles. The number of Topliss-reactive ketones (excluding diaryl/α,β-unsaturated/α-hetero) is 1. The number of piperidine rings is 1. The van der Waals surface area contributed by atoms with Gasteiger partial charge in [0.15, 0.2) is 17.3 Å². The van der Waals surface area contributed by atoms with Crippen molar-refractivity contribution in [3.8, 4) is 11.5 Å². The molecule has 0 radical (unpaired) electrons. The number of aromatic nitrogens is 1. The first-order chi connectivity index (χ1) is 14.2. The summed E-state index contributed by atoms with van der Waals surface area (Å²) in [5.41, 5.74) is 1.78. The first-order valence-electron chi connectivity index (χ1n) is 10.4. The van der Waals surface area contributed by atoms with Crippen LogP contribution in [0.15, 0.2) is 54.7 Å². The zero-order valence-electron chi connectivity index (χ0n) is 17.1. The number of ether oxygens (including phenoxy) is 2. The van der Waals surface area contributed by atoms with E-state index < -0.39 is 0 Å². The van der Waals surface area contributed by atoms with Gasteiger partial charge < -0.3 is 14.5 Å². The monoisotopic (exact) mass is 392 g/mol. The zero-order chi connectivity index (χ0) is 20.2. The maximum atomic E-state index is 13.1. The van der Waals surface area contributed by atoms with Crippen LogP contribution in [0.3, 0.4) is 0 Å². The quantitative estimate of drug-likeness (QED) is 0.593. The first-order valence-corrected chi connectivity index (χ1v) is 10.4. The molecule has 1 unspecified atom stereocenters. The number of likely N-dealkylation sites (tertiary alicyclic amines) is 1. The molecule has 152 valence electrons. The lowest BCUT2D eigenvalue weighted by molar-refractivity contribution is 0.0621. The fourth-order valence-electron chi connectivity index (χ4n) is 4.05. The number of rotatable bonds is 7. The topological polar surface area (TPSA) is 54.6 Å². The van der Waals surface area contributed by atoms with E-state index in [2.05, 4.69) is 9.88 Å². The molecule has 29 heavy (non-hydrogen) atoms. The van der Waals surface area contributed by atoms with E-state index in [9.17, 15) is 4.79 Å². The minimum absolute atomic E-state index is 0.142. The van der Waals surface area contributed by atoms with Crippen molar-refractivity contribution >= 4 is 16.7 Å². The number of hydrogen-bond acceptors (Lipinski definition) is 4. The number of benzene rings is 2. The fraction of sp³-hybridized carbons (Fsp3) is 0.375. The summed E-state index contributed by atoms with van der Waals surface area (Å²) >= 11 is 0. The Hall–Kier alpha value is -2.79. The van der Waals surface area contributed by atoms with Gasteiger partial charge in [0.1, 0.15) is 6.10 Å². The maximum Gasteiger partial charge on any atom is 0.181 e. The molecule has 3 aromatic rings. The van der Waals surface area contributed by atoms with Crippen LogP contribution in [0.1, 0.15) is 37.0 Å². The van der Waals surface area contributed by atoms with Crippen molar-refractivity contribution in [3.05, 3.63) is 60.3 Å². The minimum Gasteiger partial charge on any atom is -0.490 e. The molecular formula is C24H28N2O3. The molecule has 0 aliphatic carbocycles. The van der Waals surface area contributed by atoms with E-state index in [-0.39, 0.29) is 17.9 Å². The van der Waals surface area contributed by atoms with Gasteiger partial charge >= 0.3 is 0 Å². The van der Waals surface area contributed by atoms with Gasteiger partial charge in [-0.05, 0) is 44.9 Å². The van der Waals surface area contributed by atoms with Crippen LogP contribution >= 0.6 is 0 Å². The summed E-state index contributed by atoms with van der Waals surface area (Å²) in [5, 5.41) is 0.995. The Morgan fingerprint density at radius 3 is 2.55 bits per heavy atom. The van der Waals surface area contributed by atoms with Crippen molar-refractivity contribution in [2.75, 3.05) is 19.7 Å². The third-order valence-electron chi connectivity index (χ3n) is 5.70. The third-order valence-corrected chi connectivity index (χ3v) is 5.70. The summed E-state index contributed by atoms with van der Waals surface area (Å²) in [4.78, 5) is 18.6. The van der Waals surface area contributed by atoms with E-state index in [0.717, 1.165) is 53.9 Å². The summed E-state index contributed by atoms with van der Waals surface area (Å²) in [6.07, 6.45) is 3.77. The Morgan fingerprint density at radius 1 is 1.10 bits per heavy atom. The van der Waals surface area contributed by atoms with Gasteiger partial charge in [-0.2, -0.15) is 0 Å². The Kier molecular flexibility index (Phi) is 5.86. The Bertz CT molecular complexity index is 973. The number of nitrogens with one attached hydrogen (secondary N) is 1. The van der Waals surface area contributed by atoms with Crippen LogP contribution in [0, 0.1) is 0 Å². The summed E-state index contributed by atoms with van der Waals surface area (Å²) in [6, 6.07) is 15.6. The van der Waals surface area contributed by atoms with Gasteiger partial charge in [-0.3, -0.25) is 9.69 Å². The number of ketones is 1. The molecule has 1 fully saturated rings. The molecule has 0 spiro atoms. The molecule has 5 heteroatoms. The van der Waals surface area contributed by atoms with Crippen LogP contribution in [-0.2, 0) is 0 Å². The van der Waals surface area contributed by atoms with Crippen molar-refractivity contribution in [1.82, 2.24) is 9.88 Å². The maximum absolute atomic E-state index is 13.1. The molecule has 1 N–H and O–H groups in total. The van der Waals surface area contributed by atoms with Gasteiger partial charge in [0.25, 0.3) is 0 Å². The van der Waals surface area contributed by atoms with Crippen molar-refractivity contribution in [2.45, 2.75) is 38.8 Å². The minimum atomic E-state index is -0.147. The second-order valence-corrected chi connectivity index (χ2v) is 7.52. The van der Waals surface area contributed by atoms with Gasteiger partial charge in [-0.15, -0.1) is 0 Å². The van der Waals surface area contributed by atoms with E-state index in [1.807, 2.05) is 68.6 Å². The summed E-state index contributed by atoms with van der Waals surface area (Å²) < 4.78 is 11.9. The highest BCUT2D eigenvalue weighted by Crippen LogP contribution is 2.30. The van der Waals surface area contributed by atoms with E-state index in [0.29, 0.717) is 6.61 Å². The molecule has 1 saturated heterocycles. The van der Waals surface area contributed by atoms with Crippen molar-refractivity contribution in [3.63, 3.8) is 0 Å². The fourth-order valence-corrected chi connectivity index (χ4v) is 4.05. The number of carbonyl (C=O) groups excluding carboxylic acids is 1.